The maximum absolute atomic E-state index is 12.9. The van der Waals surface area contributed by atoms with Gasteiger partial charge in [0.2, 0.25) is 11.2 Å². The fourth-order valence-corrected chi connectivity index (χ4v) is 3.43. The van der Waals surface area contributed by atoms with Crippen molar-refractivity contribution in [2.24, 2.45) is 0 Å². The molecular formula is C23H23NO7S. The van der Waals surface area contributed by atoms with Crippen LogP contribution >= 0.6 is 11.8 Å². The number of carboxylic acid groups (broad SMARTS) is 1. The minimum Gasteiger partial charge on any atom is -0.484 e. The molecule has 8 nitrogen and oxygen atoms in total. The van der Waals surface area contributed by atoms with Crippen LogP contribution in [0.4, 0.5) is 0 Å². The summed E-state index contributed by atoms with van der Waals surface area (Å²) in [7, 11) is 0. The van der Waals surface area contributed by atoms with Gasteiger partial charge in [0.1, 0.15) is 28.9 Å². The Morgan fingerprint density at radius 2 is 1.91 bits per heavy atom. The third-order valence-corrected chi connectivity index (χ3v) is 5.21. The van der Waals surface area contributed by atoms with E-state index >= 15 is 0 Å². The van der Waals surface area contributed by atoms with Gasteiger partial charge in [0.25, 0.3) is 5.91 Å². The maximum atomic E-state index is 12.9. The van der Waals surface area contributed by atoms with E-state index in [4.69, 9.17) is 13.9 Å². The van der Waals surface area contributed by atoms with Gasteiger partial charge < -0.3 is 24.3 Å². The van der Waals surface area contributed by atoms with E-state index in [-0.39, 0.29) is 23.4 Å². The molecule has 168 valence electrons. The van der Waals surface area contributed by atoms with Crippen LogP contribution in [0, 0.1) is 6.92 Å². The zero-order valence-electron chi connectivity index (χ0n) is 17.6. The van der Waals surface area contributed by atoms with Crippen molar-refractivity contribution in [1.29, 1.82) is 0 Å². The van der Waals surface area contributed by atoms with Crippen LogP contribution in [0.1, 0.15) is 12.2 Å². The van der Waals surface area contributed by atoms with E-state index in [0.29, 0.717) is 34.8 Å². The van der Waals surface area contributed by atoms with Gasteiger partial charge in [0.05, 0.1) is 5.39 Å². The Morgan fingerprint density at radius 3 is 2.59 bits per heavy atom. The molecule has 0 saturated carbocycles. The van der Waals surface area contributed by atoms with Crippen LogP contribution in [0.25, 0.3) is 11.0 Å². The number of hydrogen-bond donors (Lipinski definition) is 2. The second-order valence-corrected chi connectivity index (χ2v) is 7.90. The SMILES string of the molecule is CSCC[C@H](NC(=O)COc1ccc2c(=O)c(Oc3ccccc3)c(C)oc2c1)C(=O)O. The molecule has 0 radical (unpaired) electrons. The largest absolute Gasteiger partial charge is 0.484 e. The average molecular weight is 458 g/mol. The highest BCUT2D eigenvalue weighted by molar-refractivity contribution is 7.98. The number of nitrogens with one attached hydrogen (secondary N) is 1. The van der Waals surface area contributed by atoms with Crippen LogP contribution in [0.3, 0.4) is 0 Å². The highest BCUT2D eigenvalue weighted by atomic mass is 32.2. The predicted octanol–water partition coefficient (Wildman–Crippen LogP) is 3.60. The first-order valence-electron chi connectivity index (χ1n) is 9.83. The molecule has 1 aromatic heterocycles. The Bertz CT molecular complexity index is 1160. The third kappa shape index (κ3) is 5.82. The van der Waals surface area contributed by atoms with Crippen molar-refractivity contribution in [2.75, 3.05) is 18.6 Å². The van der Waals surface area contributed by atoms with Gasteiger partial charge in [-0.2, -0.15) is 11.8 Å². The lowest BCUT2D eigenvalue weighted by atomic mass is 10.2. The van der Waals surface area contributed by atoms with Crippen molar-refractivity contribution in [2.45, 2.75) is 19.4 Å². The van der Waals surface area contributed by atoms with Crippen molar-refractivity contribution in [3.8, 4) is 17.2 Å². The number of thioether (sulfide) groups is 1. The molecule has 0 aliphatic rings. The summed E-state index contributed by atoms with van der Waals surface area (Å²) in [5.41, 5.74) is -0.0378. The number of fused-ring (bicyclic) bond motifs is 1. The zero-order chi connectivity index (χ0) is 23.1. The van der Waals surface area contributed by atoms with Crippen molar-refractivity contribution in [3.63, 3.8) is 0 Å². The van der Waals surface area contributed by atoms with Gasteiger partial charge in [0, 0.05) is 6.07 Å². The standard InChI is InChI=1S/C23H23NO7S/c1-14-22(31-15-6-4-3-5-7-15)21(26)17-9-8-16(12-19(17)30-14)29-13-20(25)24-18(23(27)28)10-11-32-2/h3-9,12,18H,10-11,13H2,1-2H3,(H,24,25)(H,27,28)/t18-/m0/s1. The number of amides is 1. The quantitative estimate of drug-likeness (QED) is 0.475. The fourth-order valence-electron chi connectivity index (χ4n) is 2.96. The van der Waals surface area contributed by atoms with Gasteiger partial charge in [-0.25, -0.2) is 4.79 Å². The predicted molar refractivity (Wildman–Crippen MR) is 122 cm³/mol. The van der Waals surface area contributed by atoms with Crippen molar-refractivity contribution >= 4 is 34.6 Å². The summed E-state index contributed by atoms with van der Waals surface area (Å²) >= 11 is 1.50. The number of carboxylic acids is 1. The molecule has 0 saturated heterocycles. The number of aliphatic carboxylic acids is 1. The van der Waals surface area contributed by atoms with Crippen molar-refractivity contribution in [1.82, 2.24) is 5.32 Å². The molecule has 9 heteroatoms. The van der Waals surface area contributed by atoms with Crippen LogP contribution in [-0.4, -0.2) is 41.6 Å². The Morgan fingerprint density at radius 1 is 1.16 bits per heavy atom. The number of benzene rings is 2. The normalized spacial score (nSPS) is 11.7. The maximum Gasteiger partial charge on any atom is 0.326 e. The molecule has 1 heterocycles. The lowest BCUT2D eigenvalue weighted by molar-refractivity contribution is -0.142. The minimum atomic E-state index is -1.09. The Kier molecular flexibility index (Phi) is 7.77. The first-order valence-corrected chi connectivity index (χ1v) is 11.2. The summed E-state index contributed by atoms with van der Waals surface area (Å²) in [6.45, 7) is 1.26. The molecule has 2 aromatic carbocycles. The summed E-state index contributed by atoms with van der Waals surface area (Å²) in [6, 6.07) is 12.5. The van der Waals surface area contributed by atoms with E-state index in [2.05, 4.69) is 5.32 Å². The van der Waals surface area contributed by atoms with E-state index in [0.717, 1.165) is 0 Å². The fraction of sp³-hybridized carbons (Fsp3) is 0.261. The average Bonchev–Trinajstić information content (AvgIpc) is 2.78. The molecule has 2 N–H and O–H groups in total. The summed E-state index contributed by atoms with van der Waals surface area (Å²) in [4.78, 5) is 36.2. The topological polar surface area (TPSA) is 115 Å². The second kappa shape index (κ2) is 10.7. The Hall–Kier alpha value is -3.46. The number of para-hydroxylation sites is 1. The van der Waals surface area contributed by atoms with Gasteiger partial charge in [-0.1, -0.05) is 18.2 Å². The molecule has 32 heavy (non-hydrogen) atoms. The van der Waals surface area contributed by atoms with Gasteiger partial charge in [-0.05, 0) is 49.6 Å². The van der Waals surface area contributed by atoms with Crippen LogP contribution in [-0.2, 0) is 9.59 Å². The molecule has 0 fully saturated rings. The van der Waals surface area contributed by atoms with Gasteiger partial charge in [-0.15, -0.1) is 0 Å². The molecule has 3 rings (SSSR count). The van der Waals surface area contributed by atoms with Crippen LogP contribution in [0.15, 0.2) is 57.7 Å². The monoisotopic (exact) mass is 457 g/mol. The van der Waals surface area contributed by atoms with E-state index in [1.165, 1.54) is 30.0 Å². The number of ether oxygens (including phenoxy) is 2. The van der Waals surface area contributed by atoms with Crippen LogP contribution < -0.4 is 20.2 Å². The lowest BCUT2D eigenvalue weighted by Gasteiger charge is -2.14. The highest BCUT2D eigenvalue weighted by Crippen LogP contribution is 2.27. The molecule has 0 spiro atoms. The Balaban J connectivity index is 1.71. The zero-order valence-corrected chi connectivity index (χ0v) is 18.4. The second-order valence-electron chi connectivity index (χ2n) is 6.92. The van der Waals surface area contributed by atoms with E-state index in [1.54, 1.807) is 31.2 Å². The molecule has 0 aliphatic heterocycles. The Labute approximate surface area is 188 Å². The molecule has 0 bridgehead atoms. The van der Waals surface area contributed by atoms with E-state index < -0.39 is 17.9 Å². The number of rotatable bonds is 10. The number of carbonyl (C=O) groups excluding carboxylic acids is 1. The van der Waals surface area contributed by atoms with E-state index in [1.807, 2.05) is 12.3 Å². The molecule has 1 amide bonds. The first-order chi connectivity index (χ1) is 15.4. The smallest absolute Gasteiger partial charge is 0.326 e. The lowest BCUT2D eigenvalue weighted by Crippen LogP contribution is -2.43. The number of carbonyl (C=O) groups is 2. The molecule has 0 unspecified atom stereocenters. The van der Waals surface area contributed by atoms with Crippen LogP contribution in [0.5, 0.6) is 17.2 Å². The van der Waals surface area contributed by atoms with Crippen LogP contribution in [0.2, 0.25) is 0 Å². The van der Waals surface area contributed by atoms with Gasteiger partial charge in [0.15, 0.2) is 6.61 Å². The number of hydrogen-bond acceptors (Lipinski definition) is 7. The highest BCUT2D eigenvalue weighted by Gasteiger charge is 2.20. The first kappa shape index (κ1) is 23.2. The molecule has 3 aromatic rings. The van der Waals surface area contributed by atoms with Gasteiger partial charge >= 0.3 is 5.97 Å². The van der Waals surface area contributed by atoms with Crippen molar-refractivity contribution in [3.05, 3.63) is 64.5 Å². The summed E-state index contributed by atoms with van der Waals surface area (Å²) in [5.74, 6) is 0.193. The summed E-state index contributed by atoms with van der Waals surface area (Å²) < 4.78 is 16.9. The molecule has 0 aliphatic carbocycles. The molecular weight excluding hydrogens is 434 g/mol. The summed E-state index contributed by atoms with van der Waals surface area (Å²) in [5, 5.41) is 12.0. The van der Waals surface area contributed by atoms with Gasteiger partial charge in [-0.3, -0.25) is 9.59 Å². The third-order valence-electron chi connectivity index (χ3n) is 4.56. The summed E-state index contributed by atoms with van der Waals surface area (Å²) in [6.07, 6.45) is 2.18. The minimum absolute atomic E-state index is 0.0988. The van der Waals surface area contributed by atoms with E-state index in [9.17, 15) is 19.5 Å². The number of aryl methyl sites for hydroxylation is 1. The van der Waals surface area contributed by atoms with Crippen molar-refractivity contribution < 1.29 is 28.6 Å². The molecule has 1 atom stereocenters.